The molecule has 0 aromatic heterocycles. The summed E-state index contributed by atoms with van der Waals surface area (Å²) in [5, 5.41) is 10.4. The third-order valence-electron chi connectivity index (χ3n) is 2.86. The zero-order valence-electron chi connectivity index (χ0n) is 8.03. The van der Waals surface area contributed by atoms with E-state index in [0.29, 0.717) is 12.0 Å². The highest BCUT2D eigenvalue weighted by Gasteiger charge is 2.41. The summed E-state index contributed by atoms with van der Waals surface area (Å²) in [5.41, 5.74) is -0.534. The molecule has 76 valence electrons. The fourth-order valence-electron chi connectivity index (χ4n) is 1.90. The summed E-state index contributed by atoms with van der Waals surface area (Å²) in [6.07, 6.45) is 0.639. The molecule has 1 saturated heterocycles. The Bertz CT molecular complexity index is 342. The first-order valence-electron chi connectivity index (χ1n) is 4.73. The molecule has 1 aliphatic rings. The Labute approximate surface area is 87.3 Å². The number of hydrogen-bond donors (Lipinski definition) is 1. The normalized spacial score (nSPS) is 32.1. The summed E-state index contributed by atoms with van der Waals surface area (Å²) in [5.74, 6) is 0.593. The van der Waals surface area contributed by atoms with E-state index in [1.54, 1.807) is 30.0 Å². The molecule has 1 aromatic rings. The van der Waals surface area contributed by atoms with Gasteiger partial charge in [-0.3, -0.25) is 0 Å². The molecule has 0 bridgehead atoms. The van der Waals surface area contributed by atoms with Gasteiger partial charge in [0.2, 0.25) is 0 Å². The molecule has 1 aliphatic heterocycles. The Hall–Kier alpha value is -0.540. The maximum Gasteiger partial charge on any atom is 0.129 e. The maximum absolute atomic E-state index is 13.5. The Kier molecular flexibility index (Phi) is 2.54. The minimum atomic E-state index is -0.976. The van der Waals surface area contributed by atoms with Crippen LogP contribution in [0.2, 0.25) is 0 Å². The zero-order valence-corrected chi connectivity index (χ0v) is 8.85. The largest absolute Gasteiger partial charge is 0.384 e. The number of aliphatic hydroxyl groups is 1. The quantitative estimate of drug-likeness (QED) is 0.772. The van der Waals surface area contributed by atoms with E-state index < -0.39 is 5.60 Å². The van der Waals surface area contributed by atoms with Crippen LogP contribution < -0.4 is 0 Å². The van der Waals surface area contributed by atoms with Gasteiger partial charge in [0, 0.05) is 10.8 Å². The second kappa shape index (κ2) is 3.55. The molecule has 1 heterocycles. The van der Waals surface area contributed by atoms with Gasteiger partial charge in [0.05, 0.1) is 0 Å². The van der Waals surface area contributed by atoms with Crippen molar-refractivity contribution in [2.24, 2.45) is 0 Å². The second-order valence-corrected chi connectivity index (χ2v) is 5.12. The Morgan fingerprint density at radius 1 is 1.50 bits per heavy atom. The van der Waals surface area contributed by atoms with Crippen molar-refractivity contribution in [2.45, 2.75) is 24.2 Å². The third-order valence-corrected chi connectivity index (χ3v) is 4.19. The van der Waals surface area contributed by atoms with Crippen LogP contribution in [0, 0.1) is 5.82 Å². The standard InChI is InChI=1S/C11H13FOS/c1-8-11(13,6-7-14-8)9-4-2-3-5-10(9)12/h2-5,8,13H,6-7H2,1H3/t8-,11+/m0/s1. The van der Waals surface area contributed by atoms with Crippen molar-refractivity contribution < 1.29 is 9.50 Å². The topological polar surface area (TPSA) is 20.2 Å². The molecule has 1 nitrogen and oxygen atoms in total. The van der Waals surface area contributed by atoms with Crippen LogP contribution in [0.15, 0.2) is 24.3 Å². The van der Waals surface area contributed by atoms with E-state index >= 15 is 0 Å². The molecule has 1 aromatic carbocycles. The van der Waals surface area contributed by atoms with E-state index in [4.69, 9.17) is 0 Å². The Morgan fingerprint density at radius 3 is 2.79 bits per heavy atom. The molecule has 0 saturated carbocycles. The van der Waals surface area contributed by atoms with Crippen LogP contribution >= 0.6 is 11.8 Å². The van der Waals surface area contributed by atoms with Crippen LogP contribution in [0.5, 0.6) is 0 Å². The van der Waals surface area contributed by atoms with E-state index in [9.17, 15) is 9.50 Å². The van der Waals surface area contributed by atoms with Crippen LogP contribution in [0.25, 0.3) is 0 Å². The van der Waals surface area contributed by atoms with Gasteiger partial charge in [-0.15, -0.1) is 0 Å². The lowest BCUT2D eigenvalue weighted by Crippen LogP contribution is -2.32. The molecule has 2 atom stereocenters. The highest BCUT2D eigenvalue weighted by Crippen LogP contribution is 2.43. The molecule has 0 radical (unpaired) electrons. The summed E-state index contributed by atoms with van der Waals surface area (Å²) in [7, 11) is 0. The average Bonchev–Trinajstić information content (AvgIpc) is 2.49. The van der Waals surface area contributed by atoms with Crippen LogP contribution in [0.3, 0.4) is 0 Å². The lowest BCUT2D eigenvalue weighted by atomic mass is 9.88. The molecule has 0 aliphatic carbocycles. The molecular formula is C11H13FOS. The van der Waals surface area contributed by atoms with E-state index in [1.807, 2.05) is 6.92 Å². The minimum Gasteiger partial charge on any atom is -0.384 e. The van der Waals surface area contributed by atoms with Gasteiger partial charge in [0.15, 0.2) is 0 Å². The van der Waals surface area contributed by atoms with Crippen molar-refractivity contribution in [1.29, 1.82) is 0 Å². The van der Waals surface area contributed by atoms with Gasteiger partial charge < -0.3 is 5.11 Å². The highest BCUT2D eigenvalue weighted by atomic mass is 32.2. The monoisotopic (exact) mass is 212 g/mol. The molecule has 3 heteroatoms. The average molecular weight is 212 g/mol. The molecule has 0 amide bonds. The molecule has 1 N–H and O–H groups in total. The van der Waals surface area contributed by atoms with Crippen molar-refractivity contribution in [1.82, 2.24) is 0 Å². The van der Waals surface area contributed by atoms with Crippen LogP contribution in [-0.4, -0.2) is 16.1 Å². The summed E-state index contributed by atoms with van der Waals surface area (Å²) in [6, 6.07) is 6.50. The fraction of sp³-hybridized carbons (Fsp3) is 0.455. The zero-order chi connectivity index (χ0) is 10.2. The smallest absolute Gasteiger partial charge is 0.129 e. The maximum atomic E-state index is 13.5. The lowest BCUT2D eigenvalue weighted by Gasteiger charge is -2.27. The molecule has 1 fully saturated rings. The van der Waals surface area contributed by atoms with Crippen molar-refractivity contribution in [3.8, 4) is 0 Å². The van der Waals surface area contributed by atoms with Gasteiger partial charge in [0.1, 0.15) is 11.4 Å². The van der Waals surface area contributed by atoms with Gasteiger partial charge >= 0.3 is 0 Å². The SMILES string of the molecule is C[C@@H]1SCC[C@]1(O)c1ccccc1F. The first-order chi connectivity index (χ1) is 6.64. The molecule has 14 heavy (non-hydrogen) atoms. The van der Waals surface area contributed by atoms with Crippen LogP contribution in [-0.2, 0) is 5.60 Å². The van der Waals surface area contributed by atoms with E-state index in [1.165, 1.54) is 6.07 Å². The summed E-state index contributed by atoms with van der Waals surface area (Å²) >= 11 is 1.69. The Morgan fingerprint density at radius 2 is 2.21 bits per heavy atom. The van der Waals surface area contributed by atoms with E-state index in [2.05, 4.69) is 0 Å². The lowest BCUT2D eigenvalue weighted by molar-refractivity contribution is 0.0390. The second-order valence-electron chi connectivity index (χ2n) is 3.67. The van der Waals surface area contributed by atoms with Crippen molar-refractivity contribution in [2.75, 3.05) is 5.75 Å². The highest BCUT2D eigenvalue weighted by molar-refractivity contribution is 8.00. The van der Waals surface area contributed by atoms with Gasteiger partial charge in [-0.05, 0) is 18.2 Å². The van der Waals surface area contributed by atoms with Gasteiger partial charge in [-0.2, -0.15) is 11.8 Å². The van der Waals surface area contributed by atoms with Crippen LogP contribution in [0.4, 0.5) is 4.39 Å². The molecular weight excluding hydrogens is 199 g/mol. The van der Waals surface area contributed by atoms with Crippen molar-refractivity contribution in [3.63, 3.8) is 0 Å². The Balaban J connectivity index is 2.43. The molecule has 0 spiro atoms. The first-order valence-corrected chi connectivity index (χ1v) is 5.78. The summed E-state index contributed by atoms with van der Waals surface area (Å²) < 4.78 is 13.5. The minimum absolute atomic E-state index is 0.0689. The van der Waals surface area contributed by atoms with E-state index in [-0.39, 0.29) is 11.1 Å². The molecule has 2 rings (SSSR count). The molecule has 0 unspecified atom stereocenters. The van der Waals surface area contributed by atoms with Crippen molar-refractivity contribution >= 4 is 11.8 Å². The van der Waals surface area contributed by atoms with E-state index in [0.717, 1.165) is 5.75 Å². The van der Waals surface area contributed by atoms with Gasteiger partial charge in [0.25, 0.3) is 0 Å². The third kappa shape index (κ3) is 1.44. The van der Waals surface area contributed by atoms with Crippen molar-refractivity contribution in [3.05, 3.63) is 35.6 Å². The predicted molar refractivity (Wildman–Crippen MR) is 56.8 cm³/mol. The predicted octanol–water partition coefficient (Wildman–Crippen LogP) is 2.54. The van der Waals surface area contributed by atoms with Gasteiger partial charge in [-0.1, -0.05) is 25.1 Å². The number of hydrogen-bond acceptors (Lipinski definition) is 2. The summed E-state index contributed by atoms with van der Waals surface area (Å²) in [6.45, 7) is 1.95. The first kappa shape index (κ1) is 9.99. The number of halogens is 1. The summed E-state index contributed by atoms with van der Waals surface area (Å²) in [4.78, 5) is 0. The fourth-order valence-corrected chi connectivity index (χ4v) is 3.20. The number of thioether (sulfide) groups is 1. The van der Waals surface area contributed by atoms with Crippen LogP contribution in [0.1, 0.15) is 18.9 Å². The number of rotatable bonds is 1. The van der Waals surface area contributed by atoms with Gasteiger partial charge in [-0.25, -0.2) is 4.39 Å². The number of benzene rings is 1.